The van der Waals surface area contributed by atoms with Gasteiger partial charge in [0, 0.05) is 37.4 Å². The highest BCUT2D eigenvalue weighted by Gasteiger charge is 2.10. The average Bonchev–Trinajstić information content (AvgIpc) is 2.76. The van der Waals surface area contributed by atoms with Crippen LogP contribution in [0.4, 0.5) is 5.00 Å². The van der Waals surface area contributed by atoms with Crippen LogP contribution in [0.25, 0.3) is 0 Å². The van der Waals surface area contributed by atoms with E-state index >= 15 is 0 Å². The van der Waals surface area contributed by atoms with E-state index in [1.807, 2.05) is 32.2 Å². The molecule has 1 N–H and O–H groups in total. The molecule has 2 heterocycles. The maximum Gasteiger partial charge on any atom is 0.134 e. The van der Waals surface area contributed by atoms with E-state index in [1.54, 1.807) is 0 Å². The van der Waals surface area contributed by atoms with Crippen molar-refractivity contribution in [3.05, 3.63) is 35.3 Å². The van der Waals surface area contributed by atoms with Gasteiger partial charge in [-0.2, -0.15) is 0 Å². The number of pyridine rings is 1. The molecular formula is C12H17N5S. The molecular weight excluding hydrogens is 246 g/mol. The number of hydrogen-bond acceptors (Lipinski definition) is 6. The minimum absolute atomic E-state index is 0.766. The Labute approximate surface area is 111 Å². The van der Waals surface area contributed by atoms with Gasteiger partial charge in [0.2, 0.25) is 0 Å². The Balaban J connectivity index is 1.98. The molecule has 0 spiro atoms. The van der Waals surface area contributed by atoms with E-state index in [2.05, 4.69) is 31.8 Å². The van der Waals surface area contributed by atoms with Gasteiger partial charge in [0.15, 0.2) is 0 Å². The molecule has 2 aromatic heterocycles. The smallest absolute Gasteiger partial charge is 0.134 e. The van der Waals surface area contributed by atoms with Crippen molar-refractivity contribution < 1.29 is 0 Å². The van der Waals surface area contributed by atoms with Crippen LogP contribution in [0.5, 0.6) is 0 Å². The predicted octanol–water partition coefficient (Wildman–Crippen LogP) is 1.92. The van der Waals surface area contributed by atoms with Crippen LogP contribution in [0.1, 0.15) is 17.1 Å². The fraction of sp³-hybridized carbons (Fsp3) is 0.417. The van der Waals surface area contributed by atoms with Crippen molar-refractivity contribution in [1.29, 1.82) is 0 Å². The van der Waals surface area contributed by atoms with Gasteiger partial charge < -0.3 is 5.32 Å². The molecule has 0 aliphatic heterocycles. The second-order valence-corrected chi connectivity index (χ2v) is 5.00. The van der Waals surface area contributed by atoms with Crippen LogP contribution in [-0.2, 0) is 13.1 Å². The lowest BCUT2D eigenvalue weighted by molar-refractivity contribution is 0.311. The van der Waals surface area contributed by atoms with Gasteiger partial charge in [-0.3, -0.25) is 9.88 Å². The minimum Gasteiger partial charge on any atom is -0.377 e. The molecule has 96 valence electrons. The summed E-state index contributed by atoms with van der Waals surface area (Å²) in [6.07, 6.45) is 0. The van der Waals surface area contributed by atoms with Gasteiger partial charge in [-0.1, -0.05) is 10.6 Å². The molecule has 0 saturated carbocycles. The molecule has 2 aromatic rings. The van der Waals surface area contributed by atoms with Gasteiger partial charge in [0.1, 0.15) is 10.7 Å². The highest BCUT2D eigenvalue weighted by atomic mass is 32.1. The average molecular weight is 263 g/mol. The summed E-state index contributed by atoms with van der Waals surface area (Å²) in [5.74, 6) is 0. The molecule has 0 amide bonds. The van der Waals surface area contributed by atoms with E-state index in [1.165, 1.54) is 11.5 Å². The molecule has 6 heteroatoms. The first-order chi connectivity index (χ1) is 8.69. The number of nitrogens with one attached hydrogen (secondary N) is 1. The van der Waals surface area contributed by atoms with Crippen molar-refractivity contribution in [2.24, 2.45) is 0 Å². The van der Waals surface area contributed by atoms with Gasteiger partial charge in [-0.15, -0.1) is 5.10 Å². The minimum atomic E-state index is 0.766. The zero-order valence-corrected chi connectivity index (χ0v) is 11.7. The summed E-state index contributed by atoms with van der Waals surface area (Å²) < 4.78 is 3.95. The Hall–Kier alpha value is -1.53. The largest absolute Gasteiger partial charge is 0.377 e. The second-order valence-electron chi connectivity index (χ2n) is 4.24. The number of nitrogens with zero attached hydrogens (tertiary/aromatic N) is 4. The quantitative estimate of drug-likeness (QED) is 0.893. The molecule has 0 bridgehead atoms. The van der Waals surface area contributed by atoms with E-state index in [0.29, 0.717) is 0 Å². The third-order valence-corrected chi connectivity index (χ3v) is 3.37. The maximum atomic E-state index is 4.49. The molecule has 0 aliphatic carbocycles. The van der Waals surface area contributed by atoms with E-state index < -0.39 is 0 Å². The third-order valence-electron chi connectivity index (χ3n) is 2.58. The SMILES string of the molecule is CNc1snnc1CN(C)Cc1cccc(C)n1. The Bertz CT molecular complexity index is 511. The molecule has 0 aromatic carbocycles. The molecule has 0 atom stereocenters. The molecule has 2 rings (SSSR count). The standard InChI is InChI=1S/C12H17N5S/c1-9-5-4-6-10(14-9)7-17(3)8-11-12(13-2)18-16-15-11/h4-6,13H,7-8H2,1-3H3. The molecule has 0 radical (unpaired) electrons. The second kappa shape index (κ2) is 5.88. The molecule has 18 heavy (non-hydrogen) atoms. The monoisotopic (exact) mass is 263 g/mol. The first-order valence-corrected chi connectivity index (χ1v) is 6.56. The predicted molar refractivity (Wildman–Crippen MR) is 73.6 cm³/mol. The van der Waals surface area contributed by atoms with Gasteiger partial charge in [0.25, 0.3) is 0 Å². The molecule has 0 aliphatic rings. The zero-order chi connectivity index (χ0) is 13.0. The number of rotatable bonds is 5. The van der Waals surface area contributed by atoms with E-state index in [0.717, 1.165) is 35.2 Å². The van der Waals surface area contributed by atoms with Crippen LogP contribution >= 0.6 is 11.5 Å². The topological polar surface area (TPSA) is 53.9 Å². The Morgan fingerprint density at radius 2 is 2.17 bits per heavy atom. The summed E-state index contributed by atoms with van der Waals surface area (Å²) in [6.45, 7) is 3.58. The summed E-state index contributed by atoms with van der Waals surface area (Å²) >= 11 is 1.39. The third kappa shape index (κ3) is 3.24. The van der Waals surface area contributed by atoms with Crippen molar-refractivity contribution in [2.75, 3.05) is 19.4 Å². The fourth-order valence-corrected chi connectivity index (χ4v) is 2.30. The van der Waals surface area contributed by atoms with Crippen LogP contribution in [0.2, 0.25) is 0 Å². The van der Waals surface area contributed by atoms with Crippen molar-refractivity contribution in [2.45, 2.75) is 20.0 Å². The Morgan fingerprint density at radius 1 is 1.33 bits per heavy atom. The Kier molecular flexibility index (Phi) is 4.22. The van der Waals surface area contributed by atoms with Crippen molar-refractivity contribution in [3.8, 4) is 0 Å². The van der Waals surface area contributed by atoms with E-state index in [-0.39, 0.29) is 0 Å². The first-order valence-electron chi connectivity index (χ1n) is 5.79. The van der Waals surface area contributed by atoms with Gasteiger partial charge in [-0.25, -0.2) is 0 Å². The summed E-state index contributed by atoms with van der Waals surface area (Å²) in [7, 11) is 3.95. The highest BCUT2D eigenvalue weighted by Crippen LogP contribution is 2.18. The zero-order valence-electron chi connectivity index (χ0n) is 10.8. The fourth-order valence-electron chi connectivity index (χ4n) is 1.78. The first kappa shape index (κ1) is 12.9. The van der Waals surface area contributed by atoms with Crippen LogP contribution < -0.4 is 5.32 Å². The number of anilines is 1. The highest BCUT2D eigenvalue weighted by molar-refractivity contribution is 7.10. The van der Waals surface area contributed by atoms with E-state index in [9.17, 15) is 0 Å². The number of aromatic nitrogens is 3. The lowest BCUT2D eigenvalue weighted by atomic mass is 10.3. The summed E-state index contributed by atoms with van der Waals surface area (Å²) in [5.41, 5.74) is 3.11. The summed E-state index contributed by atoms with van der Waals surface area (Å²) in [6, 6.07) is 6.09. The summed E-state index contributed by atoms with van der Waals surface area (Å²) in [4.78, 5) is 6.67. The van der Waals surface area contributed by atoms with Crippen molar-refractivity contribution in [3.63, 3.8) is 0 Å². The van der Waals surface area contributed by atoms with E-state index in [4.69, 9.17) is 0 Å². The molecule has 0 fully saturated rings. The Morgan fingerprint density at radius 3 is 2.89 bits per heavy atom. The normalized spacial score (nSPS) is 10.9. The van der Waals surface area contributed by atoms with Crippen LogP contribution in [0.3, 0.4) is 0 Å². The number of hydrogen-bond donors (Lipinski definition) is 1. The lowest BCUT2D eigenvalue weighted by Gasteiger charge is -2.15. The van der Waals surface area contributed by atoms with Crippen LogP contribution in [0.15, 0.2) is 18.2 Å². The van der Waals surface area contributed by atoms with Gasteiger partial charge in [0.05, 0.1) is 5.69 Å². The van der Waals surface area contributed by atoms with Gasteiger partial charge in [-0.05, 0) is 26.1 Å². The molecule has 0 unspecified atom stereocenters. The lowest BCUT2D eigenvalue weighted by Crippen LogP contribution is -2.19. The van der Waals surface area contributed by atoms with Crippen molar-refractivity contribution >= 4 is 16.5 Å². The van der Waals surface area contributed by atoms with Crippen LogP contribution in [-0.4, -0.2) is 33.6 Å². The molecule has 5 nitrogen and oxygen atoms in total. The maximum absolute atomic E-state index is 4.49. The summed E-state index contributed by atoms with van der Waals surface area (Å²) in [5, 5.41) is 8.26. The van der Waals surface area contributed by atoms with Crippen molar-refractivity contribution in [1.82, 2.24) is 19.5 Å². The van der Waals surface area contributed by atoms with Gasteiger partial charge >= 0.3 is 0 Å². The molecule has 0 saturated heterocycles. The van der Waals surface area contributed by atoms with Crippen LogP contribution in [0, 0.1) is 6.92 Å². The number of aryl methyl sites for hydroxylation is 1.